The van der Waals surface area contributed by atoms with E-state index in [2.05, 4.69) is 163 Å². The van der Waals surface area contributed by atoms with Crippen molar-refractivity contribution in [3.63, 3.8) is 0 Å². The molecule has 78 heavy (non-hydrogen) atoms. The molecule has 0 aromatic carbocycles. The molecule has 0 aliphatic heterocycles. The summed E-state index contributed by atoms with van der Waals surface area (Å²) in [6.07, 6.45) is 7.40. The van der Waals surface area contributed by atoms with E-state index in [-0.39, 0.29) is 29.1 Å². The van der Waals surface area contributed by atoms with Gasteiger partial charge in [-0.25, -0.2) is 0 Å². The molecule has 432 valence electrons. The normalized spacial score (nSPS) is 21.5. The molecule has 3 nitrogen and oxygen atoms in total. The third-order valence-electron chi connectivity index (χ3n) is 13.2. The molecule has 0 unspecified atom stereocenters. The van der Waals surface area contributed by atoms with Gasteiger partial charge in [0, 0.05) is 152 Å². The fourth-order valence-electron chi connectivity index (χ4n) is 10.0. The van der Waals surface area contributed by atoms with Crippen molar-refractivity contribution in [2.45, 2.75) is 170 Å². The lowest BCUT2D eigenvalue weighted by atomic mass is 9.68. The van der Waals surface area contributed by atoms with Gasteiger partial charge in [-0.15, -0.1) is 58.0 Å². The summed E-state index contributed by atoms with van der Waals surface area (Å²) in [5.74, 6) is 9.46. The first kappa shape index (κ1) is 72.8. The molecular weight excluding hydrogens is 1340 g/mol. The first-order valence-electron chi connectivity index (χ1n) is 25.5. The topological polar surface area (TPSA) is 60.7 Å². The minimum absolute atomic E-state index is 0.148. The third kappa shape index (κ3) is 25.2. The third-order valence-corrected chi connectivity index (χ3v) is 45.5. The van der Waals surface area contributed by atoms with Crippen LogP contribution in [0.5, 0.6) is 0 Å². The summed E-state index contributed by atoms with van der Waals surface area (Å²) < 4.78 is 0. The van der Waals surface area contributed by atoms with Crippen LogP contribution in [0.25, 0.3) is 11.1 Å². The number of thiophene rings is 3. The van der Waals surface area contributed by atoms with E-state index in [1.807, 2.05) is 42.6 Å². The molecule has 6 atom stereocenters. The maximum atomic E-state index is 10.2. The van der Waals surface area contributed by atoms with Crippen molar-refractivity contribution in [3.05, 3.63) is 113 Å². The Bertz CT molecular complexity index is 3260. The Morgan fingerprint density at radius 1 is 0.731 bits per heavy atom. The second kappa shape index (κ2) is 35.9. The van der Waals surface area contributed by atoms with Crippen LogP contribution in [0, 0.1) is 40.1 Å². The van der Waals surface area contributed by atoms with E-state index < -0.39 is 24.2 Å². The van der Waals surface area contributed by atoms with Crippen molar-refractivity contribution in [1.82, 2.24) is 0 Å². The van der Waals surface area contributed by atoms with Crippen molar-refractivity contribution in [2.24, 2.45) is 16.7 Å². The number of fused-ring (bicyclic) bond motifs is 2. The average Bonchev–Trinajstić information content (AvgIpc) is 4.31. The van der Waals surface area contributed by atoms with Crippen LogP contribution in [0.2, 0.25) is 58.9 Å². The minimum atomic E-state index is -1.40. The maximum absolute atomic E-state index is 10.2. The summed E-state index contributed by atoms with van der Waals surface area (Å²) in [5.41, 5.74) is 12.0. The van der Waals surface area contributed by atoms with Crippen LogP contribution in [0.15, 0.2) is 98.4 Å². The van der Waals surface area contributed by atoms with Gasteiger partial charge in [0.1, 0.15) is 8.07 Å². The average molecular weight is 1420 g/mol. The lowest BCUT2D eigenvalue weighted by Gasteiger charge is -2.43. The summed E-state index contributed by atoms with van der Waals surface area (Å²) in [5, 5.41) is 39.5. The molecule has 3 aromatic rings. The van der Waals surface area contributed by atoms with Gasteiger partial charge in [0.25, 0.3) is 0 Å². The molecule has 2 fully saturated rings. The number of aliphatic hydroxyl groups is 3. The molecule has 3 heterocycles. The fraction of sp³-hybridized carbons (Fsp3) is 0.527. The Labute approximate surface area is 529 Å². The predicted octanol–water partition coefficient (Wildman–Crippen LogP) is 15.4. The maximum Gasteiger partial charge on any atom is 0.129 e. The highest BCUT2D eigenvalue weighted by atomic mass is 33.5. The van der Waals surface area contributed by atoms with Gasteiger partial charge >= 0.3 is 0 Å². The van der Waals surface area contributed by atoms with Gasteiger partial charge in [-0.1, -0.05) is 132 Å². The highest BCUT2D eigenvalue weighted by Gasteiger charge is 2.50. The quantitative estimate of drug-likeness (QED) is 0.125. The van der Waals surface area contributed by atoms with Crippen LogP contribution in [0.1, 0.15) is 107 Å². The largest absolute Gasteiger partial charge is 0.393 e. The first-order chi connectivity index (χ1) is 36.6. The van der Waals surface area contributed by atoms with Crippen molar-refractivity contribution in [2.75, 3.05) is 0 Å². The number of aliphatic hydroxyl groups excluding tert-OH is 3. The van der Waals surface area contributed by atoms with Crippen LogP contribution in [0.4, 0.5) is 0 Å². The van der Waals surface area contributed by atoms with Gasteiger partial charge in [-0.05, 0) is 132 Å². The molecule has 3 N–H and O–H groups in total. The summed E-state index contributed by atoms with van der Waals surface area (Å²) in [6.45, 7) is 40.6. The van der Waals surface area contributed by atoms with E-state index in [0.717, 1.165) is 50.5 Å². The molecule has 0 amide bonds. The molecule has 4 aliphatic rings. The molecule has 0 radical (unpaired) electrons. The van der Waals surface area contributed by atoms with Crippen molar-refractivity contribution >= 4 is 198 Å². The minimum Gasteiger partial charge on any atom is -0.393 e. The smallest absolute Gasteiger partial charge is 0.129 e. The van der Waals surface area contributed by atoms with Crippen LogP contribution < -0.4 is 0 Å². The lowest BCUT2D eigenvalue weighted by Crippen LogP contribution is -2.37. The van der Waals surface area contributed by atoms with Crippen LogP contribution in [-0.4, -0.2) is 57.9 Å². The molecule has 4 aliphatic carbocycles. The zero-order chi connectivity index (χ0) is 58.3. The Morgan fingerprint density at radius 2 is 1.23 bits per heavy atom. The fourth-order valence-corrected chi connectivity index (χ4v) is 44.5. The van der Waals surface area contributed by atoms with E-state index in [4.69, 9.17) is 22.4 Å². The van der Waals surface area contributed by atoms with Crippen LogP contribution in [-0.2, 0) is 129 Å². The van der Waals surface area contributed by atoms with E-state index in [1.54, 1.807) is 111 Å². The van der Waals surface area contributed by atoms with E-state index in [0.29, 0.717) is 18.8 Å². The molecule has 0 saturated heterocycles. The van der Waals surface area contributed by atoms with E-state index >= 15 is 0 Å². The SMILES string of the molecule is C=C(C)C[C@@H](O)CC#CCC.C=C1C(c2cccs2)=C([Si](C)(C)C)C[C@@]2(C)C[C@@H](O)C[C@H]12.CC1=C2C[C@H](O)C[C@]2(C)CC([Si](C)(C)C)=C1c1cccs1.C[Si](C)(C)C#Cc1cccs1.S=S=S=S=S=S=S=S=S=S=S=S=S=S. The van der Waals surface area contributed by atoms with E-state index in [1.165, 1.54) is 60.3 Å². The van der Waals surface area contributed by atoms with Gasteiger partial charge in [-0.2, -0.15) is 0 Å². The number of allylic oxidation sites excluding steroid dienone is 6. The van der Waals surface area contributed by atoms with Crippen LogP contribution in [0.3, 0.4) is 0 Å². The Hall–Kier alpha value is 0.531. The Balaban J connectivity index is 0.000000265. The Kier molecular flexibility index (Phi) is 33.5. The lowest BCUT2D eigenvalue weighted by molar-refractivity contribution is 0.163. The molecule has 23 heteroatoms. The van der Waals surface area contributed by atoms with Crippen LogP contribution >= 0.6 is 34.0 Å². The Morgan fingerprint density at radius 3 is 1.68 bits per heavy atom. The second-order valence-corrected chi connectivity index (χ2v) is 62.1. The summed E-state index contributed by atoms with van der Waals surface area (Å²) >= 11 is 14.8. The highest BCUT2D eigenvalue weighted by molar-refractivity contribution is 8.76. The van der Waals surface area contributed by atoms with Gasteiger partial charge in [0.15, 0.2) is 0 Å². The molecule has 0 spiro atoms. The van der Waals surface area contributed by atoms with Gasteiger partial charge in [0.05, 0.1) is 39.3 Å². The summed E-state index contributed by atoms with van der Waals surface area (Å²) in [6, 6.07) is 12.9. The first-order valence-corrected chi connectivity index (χ1v) is 56.0. The van der Waals surface area contributed by atoms with Gasteiger partial charge < -0.3 is 15.3 Å². The summed E-state index contributed by atoms with van der Waals surface area (Å²) in [4.78, 5) is 3.98. The zero-order valence-corrected chi connectivity index (χ0v) is 64.4. The molecule has 7 rings (SSSR count). The highest BCUT2D eigenvalue weighted by Crippen LogP contribution is 2.59. The predicted molar refractivity (Wildman–Crippen MR) is 396 cm³/mol. The van der Waals surface area contributed by atoms with Crippen molar-refractivity contribution in [3.8, 4) is 23.3 Å². The molecule has 3 aromatic heterocycles. The van der Waals surface area contributed by atoms with Crippen molar-refractivity contribution in [1.29, 1.82) is 0 Å². The van der Waals surface area contributed by atoms with E-state index in [9.17, 15) is 15.3 Å². The van der Waals surface area contributed by atoms with Crippen molar-refractivity contribution < 1.29 is 15.3 Å². The van der Waals surface area contributed by atoms with Gasteiger partial charge in [0.2, 0.25) is 0 Å². The molecular formula is C55H80O3S17Si3. The zero-order valence-electron chi connectivity index (χ0n) is 47.6. The summed E-state index contributed by atoms with van der Waals surface area (Å²) in [7, 11) is 16.0. The number of hydrogen-bond acceptors (Lipinski definition) is 8. The monoisotopic (exact) mass is 1420 g/mol. The van der Waals surface area contributed by atoms with Gasteiger partial charge in [-0.3, -0.25) is 0 Å². The molecule has 2 saturated carbocycles. The number of hydrogen-bond donors (Lipinski definition) is 3. The standard InChI is InChI=1S/2C18H26OSSi.C10H16O.C9H12SSi.S14/c2*1-12-14-9-13(19)10-18(14,2)11-16(21(3,4)5)17(12)15-7-6-8-20-15;1-4-5-6-7-10(11)8-9(2)3;1-11(2,3)8-6-9-5-4-7-10-9;1-3-5-7-9-11-13-14-12-10-8-6-4-2/h6-8,13,19H,9-11H2,1-5H3;6-8,13-14,19H,1,9-11H2,2-5H3;10-11H,2,4,7-8H2,1,3H3;4-5,7H,1-3H3;/t13-,18+;13-,14+,18+;10-;;/m000../s1. The molecule has 0 bridgehead atoms. The second-order valence-electron chi connectivity index (χ2n) is 23.1. The number of rotatable bonds is 7.